The number of benzene rings is 1. The molecule has 1 aromatic rings. The molecule has 1 aliphatic heterocycles. The molecule has 0 spiro atoms. The first-order valence-electron chi connectivity index (χ1n) is 9.47. The zero-order valence-corrected chi connectivity index (χ0v) is 15.7. The fourth-order valence-electron chi connectivity index (χ4n) is 3.32. The molecule has 26 heavy (non-hydrogen) atoms. The molecule has 3 atom stereocenters. The van der Waals surface area contributed by atoms with Crippen molar-refractivity contribution in [3.63, 3.8) is 0 Å². The zero-order chi connectivity index (χ0) is 18.9. The van der Waals surface area contributed by atoms with Crippen molar-refractivity contribution in [2.75, 3.05) is 32.8 Å². The Hall–Kier alpha value is -1.92. The molecule has 6 nitrogen and oxygen atoms in total. The smallest absolute Gasteiger partial charge is 0.314 e. The quantitative estimate of drug-likeness (QED) is 0.502. The summed E-state index contributed by atoms with van der Waals surface area (Å²) in [6.07, 6.45) is 1.68. The third-order valence-electron chi connectivity index (χ3n) is 4.70. The Morgan fingerprint density at radius 3 is 2.65 bits per heavy atom. The predicted octanol–water partition coefficient (Wildman–Crippen LogP) is 0.877. The Balaban J connectivity index is 1.76. The summed E-state index contributed by atoms with van der Waals surface area (Å²) in [6.45, 7) is 6.43. The lowest BCUT2D eigenvalue weighted by atomic mass is 9.98. The summed E-state index contributed by atoms with van der Waals surface area (Å²) < 4.78 is 10.7. The van der Waals surface area contributed by atoms with E-state index < -0.39 is 6.10 Å². The third-order valence-corrected chi connectivity index (χ3v) is 4.70. The maximum atomic E-state index is 11.9. The molecular formula is C20H30NO5+. The highest BCUT2D eigenvalue weighted by molar-refractivity contribution is 5.95. The lowest BCUT2D eigenvalue weighted by Crippen LogP contribution is -3.15. The van der Waals surface area contributed by atoms with E-state index in [-0.39, 0.29) is 24.3 Å². The standard InChI is InChI=1S/C20H29NO5/c1-3-19(23)15-7-9-18(10-8-15)26-14-17(22)13-21-11-5-6-16(12-21)20(24)25-4-2/h7-10,16-17,22H,3-6,11-14H2,1-2H3/p+1/t16-,17-/m1/s1. The number of hydrogen-bond acceptors (Lipinski definition) is 5. The molecular weight excluding hydrogens is 334 g/mol. The number of hydrogen-bond donors (Lipinski definition) is 2. The van der Waals surface area contributed by atoms with Crippen LogP contribution in [0.25, 0.3) is 0 Å². The SMILES string of the molecule is CCOC(=O)[C@@H]1CCC[NH+](C[C@@H](O)COc2ccc(C(=O)CC)cc2)C1. The number of quaternary nitrogens is 1. The fourth-order valence-corrected chi connectivity index (χ4v) is 3.32. The highest BCUT2D eigenvalue weighted by Crippen LogP contribution is 2.14. The van der Waals surface area contributed by atoms with Gasteiger partial charge in [0, 0.05) is 12.0 Å². The van der Waals surface area contributed by atoms with Crippen molar-refractivity contribution in [2.45, 2.75) is 39.2 Å². The van der Waals surface area contributed by atoms with E-state index in [1.807, 2.05) is 13.8 Å². The molecule has 0 aromatic heterocycles. The van der Waals surface area contributed by atoms with E-state index in [4.69, 9.17) is 9.47 Å². The minimum atomic E-state index is -0.608. The molecule has 1 aliphatic rings. The van der Waals surface area contributed by atoms with Gasteiger partial charge in [0.05, 0.1) is 19.7 Å². The maximum absolute atomic E-state index is 11.9. The molecule has 0 aliphatic carbocycles. The van der Waals surface area contributed by atoms with Gasteiger partial charge >= 0.3 is 5.97 Å². The van der Waals surface area contributed by atoms with Crippen LogP contribution in [-0.2, 0) is 9.53 Å². The van der Waals surface area contributed by atoms with E-state index in [1.54, 1.807) is 24.3 Å². The molecule has 1 fully saturated rings. The summed E-state index contributed by atoms with van der Waals surface area (Å²) in [5.74, 6) is 0.531. The molecule has 0 radical (unpaired) electrons. The summed E-state index contributed by atoms with van der Waals surface area (Å²) in [5.41, 5.74) is 0.670. The van der Waals surface area contributed by atoms with Gasteiger partial charge in [0.25, 0.3) is 0 Å². The van der Waals surface area contributed by atoms with Gasteiger partial charge in [-0.25, -0.2) is 0 Å². The molecule has 0 bridgehead atoms. The Morgan fingerprint density at radius 1 is 1.27 bits per heavy atom. The number of ketones is 1. The summed E-state index contributed by atoms with van der Waals surface area (Å²) in [4.78, 5) is 24.7. The number of carbonyl (C=O) groups excluding carboxylic acids is 2. The average Bonchev–Trinajstić information content (AvgIpc) is 2.66. The van der Waals surface area contributed by atoms with Gasteiger partial charge in [0.2, 0.25) is 0 Å². The van der Waals surface area contributed by atoms with Gasteiger partial charge in [0.15, 0.2) is 5.78 Å². The molecule has 0 amide bonds. The Bertz CT molecular complexity index is 586. The molecule has 2 N–H and O–H groups in total. The number of esters is 1. The molecule has 6 heteroatoms. The van der Waals surface area contributed by atoms with Gasteiger partial charge in [-0.05, 0) is 44.0 Å². The van der Waals surface area contributed by atoms with E-state index in [0.717, 1.165) is 19.4 Å². The second-order valence-electron chi connectivity index (χ2n) is 6.77. The first-order chi connectivity index (χ1) is 12.5. The largest absolute Gasteiger partial charge is 0.491 e. The Labute approximate surface area is 155 Å². The van der Waals surface area contributed by atoms with Crippen molar-refractivity contribution >= 4 is 11.8 Å². The molecule has 1 heterocycles. The number of likely N-dealkylation sites (tertiary alicyclic amines) is 1. The number of rotatable bonds is 9. The predicted molar refractivity (Wildman–Crippen MR) is 97.5 cm³/mol. The fraction of sp³-hybridized carbons (Fsp3) is 0.600. The summed E-state index contributed by atoms with van der Waals surface area (Å²) in [6, 6.07) is 6.99. The number of nitrogens with one attached hydrogen (secondary N) is 1. The monoisotopic (exact) mass is 364 g/mol. The number of piperidine rings is 1. The van der Waals surface area contributed by atoms with Gasteiger partial charge < -0.3 is 19.5 Å². The van der Waals surface area contributed by atoms with E-state index in [2.05, 4.69) is 0 Å². The van der Waals surface area contributed by atoms with Crippen molar-refractivity contribution in [3.8, 4) is 5.75 Å². The van der Waals surface area contributed by atoms with Gasteiger partial charge in [-0.3, -0.25) is 9.59 Å². The number of ether oxygens (including phenoxy) is 2. The van der Waals surface area contributed by atoms with Crippen molar-refractivity contribution in [3.05, 3.63) is 29.8 Å². The van der Waals surface area contributed by atoms with E-state index in [0.29, 0.717) is 37.4 Å². The Kier molecular flexibility index (Phi) is 8.06. The first-order valence-corrected chi connectivity index (χ1v) is 9.47. The third kappa shape index (κ3) is 6.11. The van der Waals surface area contributed by atoms with Crippen LogP contribution >= 0.6 is 0 Å². The van der Waals surface area contributed by atoms with Crippen LogP contribution in [0, 0.1) is 5.92 Å². The minimum absolute atomic E-state index is 0.0736. The van der Waals surface area contributed by atoms with Crippen LogP contribution in [0.5, 0.6) is 5.75 Å². The minimum Gasteiger partial charge on any atom is -0.491 e. The van der Waals surface area contributed by atoms with Gasteiger partial charge in [-0.1, -0.05) is 6.92 Å². The topological polar surface area (TPSA) is 77.3 Å². The van der Waals surface area contributed by atoms with E-state index in [9.17, 15) is 14.7 Å². The zero-order valence-electron chi connectivity index (χ0n) is 15.7. The van der Waals surface area contributed by atoms with Crippen molar-refractivity contribution in [1.29, 1.82) is 0 Å². The molecule has 144 valence electrons. The lowest BCUT2D eigenvalue weighted by molar-refractivity contribution is -0.910. The lowest BCUT2D eigenvalue weighted by Gasteiger charge is -2.30. The average molecular weight is 364 g/mol. The van der Waals surface area contributed by atoms with Crippen LogP contribution < -0.4 is 9.64 Å². The second-order valence-corrected chi connectivity index (χ2v) is 6.77. The van der Waals surface area contributed by atoms with Crippen LogP contribution in [0.1, 0.15) is 43.5 Å². The Morgan fingerprint density at radius 2 is 2.00 bits per heavy atom. The van der Waals surface area contributed by atoms with E-state index >= 15 is 0 Å². The normalized spacial score (nSPS) is 21.0. The number of Topliss-reactive ketones (excluding diaryl/α,β-unsaturated/α-hetero) is 1. The van der Waals surface area contributed by atoms with Crippen LogP contribution in [-0.4, -0.2) is 55.8 Å². The van der Waals surface area contributed by atoms with Crippen molar-refractivity contribution in [1.82, 2.24) is 0 Å². The molecule has 1 unspecified atom stereocenters. The molecule has 2 rings (SSSR count). The molecule has 1 aromatic carbocycles. The summed E-state index contributed by atoms with van der Waals surface area (Å²) >= 11 is 0. The summed E-state index contributed by atoms with van der Waals surface area (Å²) in [7, 11) is 0. The number of carbonyl (C=O) groups is 2. The van der Waals surface area contributed by atoms with Crippen molar-refractivity contribution in [2.24, 2.45) is 5.92 Å². The van der Waals surface area contributed by atoms with Gasteiger partial charge in [-0.2, -0.15) is 0 Å². The van der Waals surface area contributed by atoms with Crippen LogP contribution in [0.15, 0.2) is 24.3 Å². The van der Waals surface area contributed by atoms with Crippen molar-refractivity contribution < 1.29 is 29.1 Å². The van der Waals surface area contributed by atoms with Crippen LogP contribution in [0.3, 0.4) is 0 Å². The first kappa shape index (κ1) is 20.4. The molecule has 0 saturated carbocycles. The van der Waals surface area contributed by atoms with Crippen LogP contribution in [0.2, 0.25) is 0 Å². The highest BCUT2D eigenvalue weighted by Gasteiger charge is 2.30. The number of aliphatic hydroxyl groups excluding tert-OH is 1. The number of aliphatic hydroxyl groups is 1. The van der Waals surface area contributed by atoms with E-state index in [1.165, 1.54) is 4.90 Å². The maximum Gasteiger partial charge on any atom is 0.314 e. The highest BCUT2D eigenvalue weighted by atomic mass is 16.5. The van der Waals surface area contributed by atoms with Crippen LogP contribution in [0.4, 0.5) is 0 Å². The summed E-state index contributed by atoms with van der Waals surface area (Å²) in [5, 5.41) is 10.3. The van der Waals surface area contributed by atoms with Gasteiger partial charge in [-0.15, -0.1) is 0 Å². The molecule has 1 saturated heterocycles. The second kappa shape index (κ2) is 10.3. The van der Waals surface area contributed by atoms with Gasteiger partial charge in [0.1, 0.15) is 30.9 Å².